The number of halogens is 2. The van der Waals surface area contributed by atoms with Gasteiger partial charge in [0.2, 0.25) is 0 Å². The van der Waals surface area contributed by atoms with Crippen LogP contribution >= 0.6 is 0 Å². The summed E-state index contributed by atoms with van der Waals surface area (Å²) in [4.78, 5) is 14.5. The fraction of sp³-hybridized carbons (Fsp3) is 0.381. The molecule has 1 aliphatic rings. The van der Waals surface area contributed by atoms with Crippen LogP contribution in [0.25, 0.3) is 0 Å². The molecule has 1 N–H and O–H groups in total. The number of carbonyl (C=O) groups is 1. The van der Waals surface area contributed by atoms with Gasteiger partial charge in [0.1, 0.15) is 17.4 Å². The third kappa shape index (κ3) is 4.03. The van der Waals surface area contributed by atoms with E-state index >= 15 is 0 Å². The van der Waals surface area contributed by atoms with Crippen molar-refractivity contribution in [2.75, 3.05) is 13.1 Å². The average Bonchev–Trinajstić information content (AvgIpc) is 2.63. The van der Waals surface area contributed by atoms with Crippen LogP contribution in [0, 0.1) is 24.5 Å². The molecular formula is C21H23F2NO2. The molecule has 138 valence electrons. The summed E-state index contributed by atoms with van der Waals surface area (Å²) in [7, 11) is 0. The van der Waals surface area contributed by atoms with Crippen molar-refractivity contribution in [3.8, 4) is 5.75 Å². The highest BCUT2D eigenvalue weighted by Gasteiger charge is 2.25. The van der Waals surface area contributed by atoms with E-state index in [0.29, 0.717) is 37.1 Å². The van der Waals surface area contributed by atoms with E-state index in [-0.39, 0.29) is 23.1 Å². The van der Waals surface area contributed by atoms with E-state index in [1.807, 2.05) is 0 Å². The van der Waals surface area contributed by atoms with Crippen LogP contribution in [0.2, 0.25) is 0 Å². The van der Waals surface area contributed by atoms with Crippen molar-refractivity contribution in [2.45, 2.75) is 32.6 Å². The standard InChI is InChI=1S/C21H23F2NO2/c1-14-12-16(8-10-20(14)25)21(26)24-11-3-4-15(13-24)7-9-17-18(22)5-2-6-19(17)23/h2,5-6,8,10,12,15,25H,3-4,7,9,11,13H2,1H3/t15-/m1/s1. The SMILES string of the molecule is Cc1cc(C(=O)N2CCC[C@H](CCc3c(F)cccc3F)C2)ccc1O. The van der Waals surface area contributed by atoms with Crippen LogP contribution in [-0.4, -0.2) is 29.0 Å². The lowest BCUT2D eigenvalue weighted by Gasteiger charge is -2.33. The molecule has 1 atom stereocenters. The van der Waals surface area contributed by atoms with Gasteiger partial charge < -0.3 is 10.0 Å². The van der Waals surface area contributed by atoms with E-state index in [4.69, 9.17) is 0 Å². The van der Waals surface area contributed by atoms with Crippen LogP contribution in [0.3, 0.4) is 0 Å². The van der Waals surface area contributed by atoms with Gasteiger partial charge in [-0.2, -0.15) is 0 Å². The molecule has 1 saturated heterocycles. The Hall–Kier alpha value is -2.43. The van der Waals surface area contributed by atoms with Gasteiger partial charge >= 0.3 is 0 Å². The second-order valence-corrected chi connectivity index (χ2v) is 7.00. The summed E-state index contributed by atoms with van der Waals surface area (Å²) in [5.74, 6) is -0.675. The van der Waals surface area contributed by atoms with Gasteiger partial charge in [-0.15, -0.1) is 0 Å². The maximum Gasteiger partial charge on any atom is 0.253 e. The van der Waals surface area contributed by atoms with E-state index in [1.54, 1.807) is 24.0 Å². The first-order chi connectivity index (χ1) is 12.5. The molecule has 0 unspecified atom stereocenters. The van der Waals surface area contributed by atoms with Gasteiger partial charge in [0, 0.05) is 24.2 Å². The van der Waals surface area contributed by atoms with Crippen LogP contribution in [0.1, 0.15) is 40.7 Å². The van der Waals surface area contributed by atoms with E-state index in [9.17, 15) is 18.7 Å². The minimum absolute atomic E-state index is 0.0603. The molecule has 2 aromatic carbocycles. The summed E-state index contributed by atoms with van der Waals surface area (Å²) < 4.78 is 27.6. The minimum Gasteiger partial charge on any atom is -0.508 e. The Labute approximate surface area is 152 Å². The van der Waals surface area contributed by atoms with Crippen molar-refractivity contribution < 1.29 is 18.7 Å². The molecule has 1 fully saturated rings. The highest BCUT2D eigenvalue weighted by Crippen LogP contribution is 2.25. The van der Waals surface area contributed by atoms with Gasteiger partial charge in [0.15, 0.2) is 0 Å². The molecule has 1 aliphatic heterocycles. The van der Waals surface area contributed by atoms with Crippen molar-refractivity contribution in [1.82, 2.24) is 4.90 Å². The predicted molar refractivity (Wildman–Crippen MR) is 96.2 cm³/mol. The zero-order valence-electron chi connectivity index (χ0n) is 14.8. The first-order valence-corrected chi connectivity index (χ1v) is 8.97. The van der Waals surface area contributed by atoms with Gasteiger partial charge in [-0.1, -0.05) is 6.07 Å². The van der Waals surface area contributed by atoms with Crippen molar-refractivity contribution in [3.05, 3.63) is 64.7 Å². The number of nitrogens with zero attached hydrogens (tertiary/aromatic N) is 1. The minimum atomic E-state index is -0.506. The number of carbonyl (C=O) groups excluding carboxylic acids is 1. The lowest BCUT2D eigenvalue weighted by Crippen LogP contribution is -2.40. The lowest BCUT2D eigenvalue weighted by molar-refractivity contribution is 0.0668. The van der Waals surface area contributed by atoms with Crippen LogP contribution in [0.4, 0.5) is 8.78 Å². The number of phenols is 1. The largest absolute Gasteiger partial charge is 0.508 e. The lowest BCUT2D eigenvalue weighted by atomic mass is 9.91. The molecule has 26 heavy (non-hydrogen) atoms. The third-order valence-corrected chi connectivity index (χ3v) is 5.11. The van der Waals surface area contributed by atoms with Gasteiger partial charge in [-0.05, 0) is 74.4 Å². The summed E-state index contributed by atoms with van der Waals surface area (Å²) in [6, 6.07) is 8.78. The van der Waals surface area contributed by atoms with E-state index in [1.165, 1.54) is 24.3 Å². The van der Waals surface area contributed by atoms with Crippen molar-refractivity contribution in [2.24, 2.45) is 5.92 Å². The molecule has 3 nitrogen and oxygen atoms in total. The Morgan fingerprint density at radius 2 is 1.96 bits per heavy atom. The molecule has 5 heteroatoms. The fourth-order valence-corrected chi connectivity index (χ4v) is 3.58. The molecule has 2 aromatic rings. The number of likely N-dealkylation sites (tertiary alicyclic amines) is 1. The van der Waals surface area contributed by atoms with Gasteiger partial charge in [0.05, 0.1) is 0 Å². The second-order valence-electron chi connectivity index (χ2n) is 7.00. The van der Waals surface area contributed by atoms with Crippen molar-refractivity contribution >= 4 is 5.91 Å². The summed E-state index contributed by atoms with van der Waals surface area (Å²) in [5.41, 5.74) is 1.35. The number of amides is 1. The van der Waals surface area contributed by atoms with Crippen LogP contribution < -0.4 is 0 Å². The van der Waals surface area contributed by atoms with Crippen molar-refractivity contribution in [1.29, 1.82) is 0 Å². The number of benzene rings is 2. The van der Waals surface area contributed by atoms with Gasteiger partial charge in [-0.3, -0.25) is 4.79 Å². The highest BCUT2D eigenvalue weighted by atomic mass is 19.1. The molecule has 0 saturated carbocycles. The highest BCUT2D eigenvalue weighted by molar-refractivity contribution is 5.94. The van der Waals surface area contributed by atoms with Crippen molar-refractivity contribution in [3.63, 3.8) is 0 Å². The summed E-state index contributed by atoms with van der Waals surface area (Å²) in [6.45, 7) is 3.03. The molecule has 0 spiro atoms. The quantitative estimate of drug-likeness (QED) is 0.875. The van der Waals surface area contributed by atoms with Crippen LogP contribution in [-0.2, 0) is 6.42 Å². The van der Waals surface area contributed by atoms with E-state index in [0.717, 1.165) is 12.8 Å². The van der Waals surface area contributed by atoms with Crippen LogP contribution in [0.15, 0.2) is 36.4 Å². The number of phenolic OH excluding ortho intramolecular Hbond substituents is 1. The van der Waals surface area contributed by atoms with E-state index < -0.39 is 11.6 Å². The Bertz CT molecular complexity index is 786. The number of rotatable bonds is 4. The molecule has 3 rings (SSSR count). The molecule has 0 radical (unpaired) electrons. The first kappa shape index (κ1) is 18.4. The van der Waals surface area contributed by atoms with Crippen LogP contribution in [0.5, 0.6) is 5.75 Å². The molecular weight excluding hydrogens is 336 g/mol. The molecule has 1 amide bonds. The fourth-order valence-electron chi connectivity index (χ4n) is 3.58. The summed E-state index contributed by atoms with van der Waals surface area (Å²) in [6.07, 6.45) is 2.82. The molecule has 1 heterocycles. The Morgan fingerprint density at radius 1 is 1.23 bits per heavy atom. The van der Waals surface area contributed by atoms with Gasteiger partial charge in [0.25, 0.3) is 5.91 Å². The Balaban J connectivity index is 1.63. The molecule has 0 bridgehead atoms. The predicted octanol–water partition coefficient (Wildman–Crippen LogP) is 4.46. The molecule has 0 aliphatic carbocycles. The normalized spacial score (nSPS) is 17.3. The topological polar surface area (TPSA) is 40.5 Å². The monoisotopic (exact) mass is 359 g/mol. The number of hydrogen-bond acceptors (Lipinski definition) is 2. The number of aryl methyl sites for hydroxylation is 1. The first-order valence-electron chi connectivity index (χ1n) is 8.97. The zero-order valence-corrected chi connectivity index (χ0v) is 14.8. The summed E-state index contributed by atoms with van der Waals surface area (Å²) >= 11 is 0. The summed E-state index contributed by atoms with van der Waals surface area (Å²) in [5, 5.41) is 9.61. The average molecular weight is 359 g/mol. The number of piperidine rings is 1. The second kappa shape index (κ2) is 7.85. The molecule has 0 aromatic heterocycles. The maximum absolute atomic E-state index is 13.8. The van der Waals surface area contributed by atoms with E-state index in [2.05, 4.69) is 0 Å². The van der Waals surface area contributed by atoms with Gasteiger partial charge in [-0.25, -0.2) is 8.78 Å². The number of aromatic hydroxyl groups is 1. The Kier molecular flexibility index (Phi) is 5.55. The number of hydrogen-bond donors (Lipinski definition) is 1. The smallest absolute Gasteiger partial charge is 0.253 e. The maximum atomic E-state index is 13.8. The Morgan fingerprint density at radius 3 is 2.65 bits per heavy atom. The third-order valence-electron chi connectivity index (χ3n) is 5.11. The zero-order chi connectivity index (χ0) is 18.7.